The SMILES string of the molecule is CNCCc1ccc(N(C)C(=O)OC(C)(C)C)cc1. The van der Waals surface area contributed by atoms with E-state index in [4.69, 9.17) is 4.74 Å². The molecular weight excluding hydrogens is 240 g/mol. The van der Waals surface area contributed by atoms with Gasteiger partial charge < -0.3 is 10.1 Å². The Bertz CT molecular complexity index is 407. The number of ether oxygens (including phenoxy) is 1. The Morgan fingerprint density at radius 1 is 1.26 bits per heavy atom. The highest BCUT2D eigenvalue weighted by atomic mass is 16.6. The summed E-state index contributed by atoms with van der Waals surface area (Å²) in [5.41, 5.74) is 1.61. The molecule has 0 aliphatic heterocycles. The second-order valence-corrected chi connectivity index (χ2v) is 5.56. The molecule has 0 bridgehead atoms. The molecule has 19 heavy (non-hydrogen) atoms. The molecule has 0 heterocycles. The van der Waals surface area contributed by atoms with E-state index in [1.54, 1.807) is 7.05 Å². The molecule has 1 amide bonds. The summed E-state index contributed by atoms with van der Waals surface area (Å²) in [7, 11) is 3.65. The molecule has 1 aromatic carbocycles. The fourth-order valence-electron chi connectivity index (χ4n) is 1.59. The number of likely N-dealkylation sites (N-methyl/N-ethyl adjacent to an activating group) is 1. The van der Waals surface area contributed by atoms with Crippen molar-refractivity contribution in [1.29, 1.82) is 0 Å². The van der Waals surface area contributed by atoms with Gasteiger partial charge in [0.05, 0.1) is 0 Å². The average Bonchev–Trinajstić information content (AvgIpc) is 2.34. The number of nitrogens with one attached hydrogen (secondary N) is 1. The minimum absolute atomic E-state index is 0.338. The summed E-state index contributed by atoms with van der Waals surface area (Å²) < 4.78 is 5.33. The molecule has 0 aliphatic rings. The standard InChI is InChI=1S/C15H24N2O2/c1-15(2,3)19-14(18)17(5)13-8-6-12(7-9-13)10-11-16-4/h6-9,16H,10-11H2,1-5H3. The molecule has 1 rings (SSSR count). The highest BCUT2D eigenvalue weighted by Crippen LogP contribution is 2.17. The minimum atomic E-state index is -0.474. The Morgan fingerprint density at radius 2 is 1.84 bits per heavy atom. The van der Waals surface area contributed by atoms with Gasteiger partial charge in [0, 0.05) is 12.7 Å². The molecule has 4 nitrogen and oxygen atoms in total. The van der Waals surface area contributed by atoms with Gasteiger partial charge in [-0.1, -0.05) is 12.1 Å². The van der Waals surface area contributed by atoms with E-state index in [0.717, 1.165) is 18.7 Å². The summed E-state index contributed by atoms with van der Waals surface area (Å²) >= 11 is 0. The fraction of sp³-hybridized carbons (Fsp3) is 0.533. The number of rotatable bonds is 4. The Hall–Kier alpha value is -1.55. The summed E-state index contributed by atoms with van der Waals surface area (Å²) in [4.78, 5) is 13.4. The Balaban J connectivity index is 2.67. The molecule has 1 N–H and O–H groups in total. The molecular formula is C15H24N2O2. The zero-order chi connectivity index (χ0) is 14.5. The first kappa shape index (κ1) is 15.5. The van der Waals surface area contributed by atoms with Crippen LogP contribution in [0.5, 0.6) is 0 Å². The maximum atomic E-state index is 11.9. The van der Waals surface area contributed by atoms with Gasteiger partial charge in [0.2, 0.25) is 0 Å². The smallest absolute Gasteiger partial charge is 0.414 e. The largest absolute Gasteiger partial charge is 0.443 e. The number of nitrogens with zero attached hydrogens (tertiary/aromatic N) is 1. The van der Waals surface area contributed by atoms with Crippen molar-refractivity contribution in [3.63, 3.8) is 0 Å². The molecule has 4 heteroatoms. The second kappa shape index (κ2) is 6.57. The zero-order valence-corrected chi connectivity index (χ0v) is 12.5. The molecule has 0 atom stereocenters. The van der Waals surface area contributed by atoms with Crippen LogP contribution < -0.4 is 10.2 Å². The summed E-state index contributed by atoms with van der Waals surface area (Å²) in [5.74, 6) is 0. The first-order chi connectivity index (χ1) is 8.83. The van der Waals surface area contributed by atoms with Gasteiger partial charge in [0.15, 0.2) is 0 Å². The second-order valence-electron chi connectivity index (χ2n) is 5.56. The van der Waals surface area contributed by atoms with E-state index in [2.05, 4.69) is 5.32 Å². The van der Waals surface area contributed by atoms with Crippen LogP contribution in [0, 0.1) is 0 Å². The minimum Gasteiger partial charge on any atom is -0.443 e. The highest BCUT2D eigenvalue weighted by molar-refractivity contribution is 5.87. The Morgan fingerprint density at radius 3 is 2.32 bits per heavy atom. The third-order valence-corrected chi connectivity index (χ3v) is 2.65. The lowest BCUT2D eigenvalue weighted by atomic mass is 10.1. The monoisotopic (exact) mass is 264 g/mol. The van der Waals surface area contributed by atoms with Gasteiger partial charge in [-0.2, -0.15) is 0 Å². The van der Waals surface area contributed by atoms with E-state index >= 15 is 0 Å². The summed E-state index contributed by atoms with van der Waals surface area (Å²) in [5, 5.41) is 3.11. The first-order valence-electron chi connectivity index (χ1n) is 6.54. The lowest BCUT2D eigenvalue weighted by Gasteiger charge is -2.24. The van der Waals surface area contributed by atoms with Gasteiger partial charge in [-0.3, -0.25) is 4.90 Å². The molecule has 0 fully saturated rings. The van der Waals surface area contributed by atoms with E-state index < -0.39 is 5.60 Å². The molecule has 1 aromatic rings. The van der Waals surface area contributed by atoms with Crippen LogP contribution in [-0.2, 0) is 11.2 Å². The number of carbonyl (C=O) groups is 1. The Labute approximate surface area is 115 Å². The highest BCUT2D eigenvalue weighted by Gasteiger charge is 2.20. The summed E-state index contributed by atoms with van der Waals surface area (Å²) in [6.45, 7) is 6.53. The van der Waals surface area contributed by atoms with Crippen LogP contribution in [0.25, 0.3) is 0 Å². The van der Waals surface area contributed by atoms with Crippen LogP contribution in [0.3, 0.4) is 0 Å². The van der Waals surface area contributed by atoms with Crippen molar-refractivity contribution >= 4 is 11.8 Å². The maximum absolute atomic E-state index is 11.9. The van der Waals surface area contributed by atoms with E-state index in [9.17, 15) is 4.79 Å². The average molecular weight is 264 g/mol. The van der Waals surface area contributed by atoms with Crippen molar-refractivity contribution in [3.05, 3.63) is 29.8 Å². The third kappa shape index (κ3) is 5.30. The van der Waals surface area contributed by atoms with E-state index in [0.29, 0.717) is 0 Å². The molecule has 0 saturated heterocycles. The van der Waals surface area contributed by atoms with Crippen LogP contribution in [-0.4, -0.2) is 32.3 Å². The van der Waals surface area contributed by atoms with E-state index in [1.165, 1.54) is 10.5 Å². The third-order valence-electron chi connectivity index (χ3n) is 2.65. The van der Waals surface area contributed by atoms with Crippen LogP contribution in [0.15, 0.2) is 24.3 Å². The summed E-state index contributed by atoms with van der Waals surface area (Å²) in [6.07, 6.45) is 0.642. The number of anilines is 1. The molecule has 0 saturated carbocycles. The van der Waals surface area contributed by atoms with Crippen molar-refractivity contribution in [1.82, 2.24) is 5.32 Å². The topological polar surface area (TPSA) is 41.6 Å². The van der Waals surface area contributed by atoms with E-state index in [-0.39, 0.29) is 6.09 Å². The lowest BCUT2D eigenvalue weighted by Crippen LogP contribution is -2.34. The van der Waals surface area contributed by atoms with Crippen LogP contribution in [0.1, 0.15) is 26.3 Å². The normalized spacial score (nSPS) is 11.2. The zero-order valence-electron chi connectivity index (χ0n) is 12.5. The molecule has 0 spiro atoms. The fourth-order valence-corrected chi connectivity index (χ4v) is 1.59. The quantitative estimate of drug-likeness (QED) is 0.909. The predicted molar refractivity (Wildman–Crippen MR) is 78.7 cm³/mol. The number of amides is 1. The van der Waals surface area contributed by atoms with Gasteiger partial charge >= 0.3 is 6.09 Å². The number of carbonyl (C=O) groups excluding carboxylic acids is 1. The van der Waals surface area contributed by atoms with Crippen molar-refractivity contribution < 1.29 is 9.53 Å². The number of benzene rings is 1. The number of hydrogen-bond donors (Lipinski definition) is 1. The van der Waals surface area contributed by atoms with Gasteiger partial charge in [0.1, 0.15) is 5.60 Å². The first-order valence-corrected chi connectivity index (χ1v) is 6.54. The lowest BCUT2D eigenvalue weighted by molar-refractivity contribution is 0.0589. The molecule has 0 aromatic heterocycles. The van der Waals surface area contributed by atoms with Crippen molar-refractivity contribution in [3.8, 4) is 0 Å². The van der Waals surface area contributed by atoms with Crippen LogP contribution in [0.2, 0.25) is 0 Å². The van der Waals surface area contributed by atoms with Crippen LogP contribution in [0.4, 0.5) is 10.5 Å². The van der Waals surface area contributed by atoms with E-state index in [1.807, 2.05) is 52.1 Å². The molecule has 106 valence electrons. The number of hydrogen-bond acceptors (Lipinski definition) is 3. The van der Waals surface area contributed by atoms with Crippen molar-refractivity contribution in [2.24, 2.45) is 0 Å². The van der Waals surface area contributed by atoms with Gasteiger partial charge in [-0.05, 0) is 58.5 Å². The molecule has 0 radical (unpaired) electrons. The van der Waals surface area contributed by atoms with Crippen LogP contribution >= 0.6 is 0 Å². The summed E-state index contributed by atoms with van der Waals surface area (Å²) in [6, 6.07) is 7.95. The van der Waals surface area contributed by atoms with Gasteiger partial charge in [0.25, 0.3) is 0 Å². The molecule has 0 aliphatic carbocycles. The Kier molecular flexibility index (Phi) is 5.36. The van der Waals surface area contributed by atoms with Crippen molar-refractivity contribution in [2.45, 2.75) is 32.8 Å². The molecule has 0 unspecified atom stereocenters. The maximum Gasteiger partial charge on any atom is 0.414 e. The predicted octanol–water partition coefficient (Wildman–Crippen LogP) is 2.82. The van der Waals surface area contributed by atoms with Crippen molar-refractivity contribution in [2.75, 3.05) is 25.5 Å². The van der Waals surface area contributed by atoms with Gasteiger partial charge in [-0.25, -0.2) is 4.79 Å². The van der Waals surface area contributed by atoms with Gasteiger partial charge in [-0.15, -0.1) is 0 Å².